The summed E-state index contributed by atoms with van der Waals surface area (Å²) in [5, 5.41) is 25.7. The third-order valence-electron chi connectivity index (χ3n) is 6.21. The molecule has 11 heteroatoms. The smallest absolute Gasteiger partial charge is 0.319 e. The van der Waals surface area contributed by atoms with E-state index in [2.05, 4.69) is 15.5 Å². The molecule has 0 radical (unpaired) electrons. The summed E-state index contributed by atoms with van der Waals surface area (Å²) in [5.74, 6) is -1.01. The van der Waals surface area contributed by atoms with Crippen molar-refractivity contribution in [2.75, 3.05) is 42.9 Å². The van der Waals surface area contributed by atoms with Gasteiger partial charge in [-0.2, -0.15) is 0 Å². The Morgan fingerprint density at radius 2 is 1.63 bits per heavy atom. The standard InChI is InChI=1S/C24H28F2N4O5/c25-15-4-6-18(7-5-15)29-8-10-30(11-9-29)21(31)13-19-22(32)23(33)20(35-19)14-27-24(34)28-17-3-1-2-16(26)12-17/h1-7,12,19-20,22-23,32-33H,8-11,13-14H2,(H2,27,28,34)/t19-,20+,22-,23+/m0/s1. The summed E-state index contributed by atoms with van der Waals surface area (Å²) >= 11 is 0. The molecule has 4 N–H and O–H groups in total. The first-order valence-corrected chi connectivity index (χ1v) is 11.4. The molecular weight excluding hydrogens is 462 g/mol. The van der Waals surface area contributed by atoms with Crippen molar-refractivity contribution in [2.24, 2.45) is 0 Å². The average molecular weight is 491 g/mol. The van der Waals surface area contributed by atoms with Crippen LogP contribution in [0, 0.1) is 11.6 Å². The number of hydrogen-bond donors (Lipinski definition) is 4. The molecule has 35 heavy (non-hydrogen) atoms. The van der Waals surface area contributed by atoms with Crippen LogP contribution in [0.2, 0.25) is 0 Å². The molecular formula is C24H28F2N4O5. The minimum atomic E-state index is -1.28. The number of ether oxygens (including phenoxy) is 1. The molecule has 0 spiro atoms. The number of benzene rings is 2. The maximum absolute atomic E-state index is 13.2. The summed E-state index contributed by atoms with van der Waals surface area (Å²) in [5.41, 5.74) is 1.14. The number of urea groups is 1. The van der Waals surface area contributed by atoms with E-state index in [0.29, 0.717) is 26.2 Å². The van der Waals surface area contributed by atoms with Crippen LogP contribution in [0.4, 0.5) is 25.0 Å². The number of carbonyl (C=O) groups is 2. The van der Waals surface area contributed by atoms with Crippen molar-refractivity contribution in [3.05, 3.63) is 60.2 Å². The number of hydrogen-bond acceptors (Lipinski definition) is 6. The van der Waals surface area contributed by atoms with Crippen molar-refractivity contribution < 1.29 is 33.3 Å². The first kappa shape index (κ1) is 24.8. The second kappa shape index (κ2) is 11.0. The molecule has 0 aromatic heterocycles. The van der Waals surface area contributed by atoms with Gasteiger partial charge in [-0.25, -0.2) is 13.6 Å². The van der Waals surface area contributed by atoms with Gasteiger partial charge in [-0.3, -0.25) is 4.79 Å². The summed E-state index contributed by atoms with van der Waals surface area (Å²) in [6.07, 6.45) is -4.49. The van der Waals surface area contributed by atoms with E-state index in [1.807, 2.05) is 0 Å². The quantitative estimate of drug-likeness (QED) is 0.486. The highest BCUT2D eigenvalue weighted by Crippen LogP contribution is 2.25. The van der Waals surface area contributed by atoms with Crippen LogP contribution in [0.3, 0.4) is 0 Å². The van der Waals surface area contributed by atoms with Gasteiger partial charge >= 0.3 is 6.03 Å². The predicted molar refractivity (Wildman–Crippen MR) is 124 cm³/mol. The van der Waals surface area contributed by atoms with Gasteiger partial charge < -0.3 is 35.4 Å². The van der Waals surface area contributed by atoms with Crippen molar-refractivity contribution >= 4 is 23.3 Å². The van der Waals surface area contributed by atoms with Gasteiger partial charge in [0.15, 0.2) is 0 Å². The van der Waals surface area contributed by atoms with Gasteiger partial charge in [0.1, 0.15) is 29.9 Å². The number of anilines is 2. The van der Waals surface area contributed by atoms with Crippen LogP contribution < -0.4 is 15.5 Å². The van der Waals surface area contributed by atoms with Crippen molar-refractivity contribution in [2.45, 2.75) is 30.8 Å². The van der Waals surface area contributed by atoms with Gasteiger partial charge in [0.2, 0.25) is 5.91 Å². The number of aliphatic hydroxyl groups is 2. The summed E-state index contributed by atoms with van der Waals surface area (Å²) < 4.78 is 32.0. The van der Waals surface area contributed by atoms with E-state index in [-0.39, 0.29) is 30.4 Å². The fourth-order valence-electron chi connectivity index (χ4n) is 4.27. The number of amides is 3. The van der Waals surface area contributed by atoms with Crippen LogP contribution in [-0.2, 0) is 9.53 Å². The predicted octanol–water partition coefficient (Wildman–Crippen LogP) is 1.31. The van der Waals surface area contributed by atoms with E-state index in [1.54, 1.807) is 17.0 Å². The van der Waals surface area contributed by atoms with Gasteiger partial charge in [-0.05, 0) is 42.5 Å². The molecule has 9 nitrogen and oxygen atoms in total. The fourth-order valence-corrected chi connectivity index (χ4v) is 4.27. The van der Waals surface area contributed by atoms with E-state index < -0.39 is 36.3 Å². The van der Waals surface area contributed by atoms with Crippen LogP contribution in [0.5, 0.6) is 0 Å². The van der Waals surface area contributed by atoms with Crippen LogP contribution >= 0.6 is 0 Å². The molecule has 2 aliphatic rings. The lowest BCUT2D eigenvalue weighted by molar-refractivity contribution is -0.135. The summed E-state index contributed by atoms with van der Waals surface area (Å²) in [7, 11) is 0. The highest BCUT2D eigenvalue weighted by atomic mass is 19.1. The lowest BCUT2D eigenvalue weighted by atomic mass is 10.0. The first-order valence-electron chi connectivity index (χ1n) is 11.4. The lowest BCUT2D eigenvalue weighted by Gasteiger charge is -2.36. The molecule has 188 valence electrons. The Hall–Kier alpha value is -3.28. The molecule has 0 aliphatic carbocycles. The van der Waals surface area contributed by atoms with Crippen molar-refractivity contribution in [1.29, 1.82) is 0 Å². The van der Waals surface area contributed by atoms with E-state index in [4.69, 9.17) is 4.74 Å². The first-order chi connectivity index (χ1) is 16.8. The largest absolute Gasteiger partial charge is 0.388 e. The maximum atomic E-state index is 13.2. The Kier molecular flexibility index (Phi) is 7.79. The van der Waals surface area contributed by atoms with Crippen LogP contribution in [0.25, 0.3) is 0 Å². The van der Waals surface area contributed by atoms with E-state index >= 15 is 0 Å². The molecule has 0 unspecified atom stereocenters. The van der Waals surface area contributed by atoms with Crippen molar-refractivity contribution in [3.63, 3.8) is 0 Å². The molecule has 4 rings (SSSR count). The summed E-state index contributed by atoms with van der Waals surface area (Å²) in [6, 6.07) is 10.9. The molecule has 0 bridgehead atoms. The van der Waals surface area contributed by atoms with Gasteiger partial charge in [0.25, 0.3) is 0 Å². The van der Waals surface area contributed by atoms with Crippen molar-refractivity contribution in [1.82, 2.24) is 10.2 Å². The van der Waals surface area contributed by atoms with E-state index in [0.717, 1.165) is 11.8 Å². The van der Waals surface area contributed by atoms with Crippen LogP contribution in [-0.4, -0.2) is 84.2 Å². The normalized spacial score (nSPS) is 24.3. The molecule has 4 atom stereocenters. The highest BCUT2D eigenvalue weighted by molar-refractivity contribution is 5.89. The number of aliphatic hydroxyl groups excluding tert-OH is 2. The Morgan fingerprint density at radius 1 is 0.943 bits per heavy atom. The van der Waals surface area contributed by atoms with Gasteiger partial charge in [-0.15, -0.1) is 0 Å². The molecule has 3 amide bonds. The molecule has 2 aliphatic heterocycles. The van der Waals surface area contributed by atoms with Gasteiger partial charge in [0, 0.05) is 44.1 Å². The monoisotopic (exact) mass is 490 g/mol. The zero-order valence-corrected chi connectivity index (χ0v) is 18.9. The van der Waals surface area contributed by atoms with E-state index in [9.17, 15) is 28.6 Å². The average Bonchev–Trinajstić information content (AvgIpc) is 3.11. The molecule has 2 saturated heterocycles. The Morgan fingerprint density at radius 3 is 2.31 bits per heavy atom. The third-order valence-corrected chi connectivity index (χ3v) is 6.21. The highest BCUT2D eigenvalue weighted by Gasteiger charge is 2.44. The number of piperazine rings is 1. The van der Waals surface area contributed by atoms with E-state index in [1.165, 1.54) is 30.3 Å². The SMILES string of the molecule is O=C(NC[C@H]1O[C@@H](CC(=O)N2CCN(c3ccc(F)cc3)CC2)[C@H](O)[C@@H]1O)Nc1cccc(F)c1. The molecule has 2 aromatic carbocycles. The lowest BCUT2D eigenvalue weighted by Crippen LogP contribution is -2.49. The van der Waals surface area contributed by atoms with Crippen LogP contribution in [0.15, 0.2) is 48.5 Å². The number of nitrogens with one attached hydrogen (secondary N) is 2. The molecule has 2 heterocycles. The molecule has 0 saturated carbocycles. The second-order valence-corrected chi connectivity index (χ2v) is 8.59. The summed E-state index contributed by atoms with van der Waals surface area (Å²) in [4.78, 5) is 28.6. The Bertz CT molecular complexity index is 1030. The zero-order valence-electron chi connectivity index (χ0n) is 18.9. The van der Waals surface area contributed by atoms with Gasteiger partial charge in [-0.1, -0.05) is 6.07 Å². The number of carbonyl (C=O) groups excluding carboxylic acids is 2. The second-order valence-electron chi connectivity index (χ2n) is 8.59. The Balaban J connectivity index is 1.22. The molecule has 2 aromatic rings. The Labute approximate surface area is 201 Å². The fraction of sp³-hybridized carbons (Fsp3) is 0.417. The number of rotatable bonds is 6. The van der Waals surface area contributed by atoms with Gasteiger partial charge in [0.05, 0.1) is 12.5 Å². The topological polar surface area (TPSA) is 114 Å². The molecule has 2 fully saturated rings. The minimum absolute atomic E-state index is 0.110. The minimum Gasteiger partial charge on any atom is -0.388 e. The maximum Gasteiger partial charge on any atom is 0.319 e. The third kappa shape index (κ3) is 6.24. The zero-order chi connectivity index (χ0) is 24.9. The summed E-state index contributed by atoms with van der Waals surface area (Å²) in [6.45, 7) is 1.99. The van der Waals surface area contributed by atoms with Crippen LogP contribution in [0.1, 0.15) is 6.42 Å². The number of halogens is 2. The van der Waals surface area contributed by atoms with Crippen molar-refractivity contribution in [3.8, 4) is 0 Å². The number of nitrogens with zero attached hydrogens (tertiary/aromatic N) is 2.